The number of carbonyl (C=O) groups is 1. The number of hydrogen-bond donors (Lipinski definition) is 2. The smallest absolute Gasteiger partial charge is 0.240 e. The Morgan fingerprint density at radius 1 is 1.45 bits per heavy atom. The highest BCUT2D eigenvalue weighted by Crippen LogP contribution is 2.13. The van der Waals surface area contributed by atoms with Crippen LogP contribution in [0, 0.1) is 12.7 Å². The fourth-order valence-electron chi connectivity index (χ4n) is 1.74. The molecule has 0 aliphatic rings. The lowest BCUT2D eigenvalue weighted by atomic mass is 10.1. The molecule has 6 heteroatoms. The molecule has 1 amide bonds. The molecule has 5 nitrogen and oxygen atoms in total. The summed E-state index contributed by atoms with van der Waals surface area (Å²) in [5.74, 6) is -0.227. The monoisotopic (exact) mass is 277 g/mol. The second-order valence-electron chi connectivity index (χ2n) is 4.54. The van der Waals surface area contributed by atoms with Gasteiger partial charge in [-0.15, -0.1) is 0 Å². The molecule has 0 fully saturated rings. The zero-order chi connectivity index (χ0) is 14.5. The van der Waals surface area contributed by atoms with Crippen LogP contribution in [0.2, 0.25) is 0 Å². The molecule has 0 saturated heterocycles. The number of aromatic nitrogens is 1. The zero-order valence-corrected chi connectivity index (χ0v) is 11.3. The van der Waals surface area contributed by atoms with E-state index in [1.165, 1.54) is 12.1 Å². The summed E-state index contributed by atoms with van der Waals surface area (Å²) in [7, 11) is 0. The van der Waals surface area contributed by atoms with Gasteiger partial charge in [-0.3, -0.25) is 10.1 Å². The number of rotatable bonds is 5. The van der Waals surface area contributed by atoms with E-state index in [4.69, 9.17) is 4.52 Å². The van der Waals surface area contributed by atoms with Crippen LogP contribution < -0.4 is 10.6 Å². The number of aryl methyl sites for hydroxylation is 1. The molecule has 20 heavy (non-hydrogen) atoms. The third-order valence-corrected chi connectivity index (χ3v) is 2.81. The molecule has 1 heterocycles. The number of hydrogen-bond acceptors (Lipinski definition) is 4. The van der Waals surface area contributed by atoms with Gasteiger partial charge in [-0.2, -0.15) is 0 Å². The molecule has 0 bridgehead atoms. The Bertz CT molecular complexity index is 598. The molecule has 2 aromatic rings. The van der Waals surface area contributed by atoms with Crippen molar-refractivity contribution in [3.8, 4) is 0 Å². The number of anilines is 1. The summed E-state index contributed by atoms with van der Waals surface area (Å²) in [6.07, 6.45) is 0. The second-order valence-corrected chi connectivity index (χ2v) is 4.54. The molecule has 2 N–H and O–H groups in total. The van der Waals surface area contributed by atoms with Gasteiger partial charge in [0.25, 0.3) is 0 Å². The summed E-state index contributed by atoms with van der Waals surface area (Å²) >= 11 is 0. The third kappa shape index (κ3) is 3.89. The van der Waals surface area contributed by atoms with Gasteiger partial charge in [-0.1, -0.05) is 17.3 Å². The highest BCUT2D eigenvalue weighted by molar-refractivity contribution is 5.90. The van der Waals surface area contributed by atoms with Crippen molar-refractivity contribution >= 4 is 11.8 Å². The molecule has 0 saturated carbocycles. The van der Waals surface area contributed by atoms with Crippen molar-refractivity contribution in [3.05, 3.63) is 47.4 Å². The van der Waals surface area contributed by atoms with Crippen molar-refractivity contribution < 1.29 is 13.7 Å². The zero-order valence-electron chi connectivity index (χ0n) is 11.3. The topological polar surface area (TPSA) is 67.2 Å². The van der Waals surface area contributed by atoms with Crippen LogP contribution >= 0.6 is 0 Å². The molecular weight excluding hydrogens is 261 g/mol. The van der Waals surface area contributed by atoms with Gasteiger partial charge >= 0.3 is 0 Å². The van der Waals surface area contributed by atoms with Gasteiger partial charge in [0.05, 0.1) is 12.2 Å². The Morgan fingerprint density at radius 3 is 2.90 bits per heavy atom. The van der Waals surface area contributed by atoms with E-state index < -0.39 is 0 Å². The number of nitrogens with zero attached hydrogens (tertiary/aromatic N) is 1. The minimum Gasteiger partial charge on any atom is -0.338 e. The van der Waals surface area contributed by atoms with E-state index in [1.807, 2.05) is 6.92 Å². The van der Waals surface area contributed by atoms with Gasteiger partial charge in [0, 0.05) is 12.1 Å². The highest BCUT2D eigenvalue weighted by Gasteiger charge is 2.10. The summed E-state index contributed by atoms with van der Waals surface area (Å²) in [5, 5.41) is 9.26. The van der Waals surface area contributed by atoms with Crippen molar-refractivity contribution in [1.82, 2.24) is 10.5 Å². The van der Waals surface area contributed by atoms with Gasteiger partial charge in [0.1, 0.15) is 5.82 Å². The third-order valence-electron chi connectivity index (χ3n) is 2.81. The number of halogens is 1. The number of benzene rings is 1. The summed E-state index contributed by atoms with van der Waals surface area (Å²) in [4.78, 5) is 11.7. The van der Waals surface area contributed by atoms with Crippen LogP contribution in [0.25, 0.3) is 0 Å². The summed E-state index contributed by atoms with van der Waals surface area (Å²) < 4.78 is 18.0. The van der Waals surface area contributed by atoms with Crippen molar-refractivity contribution in [1.29, 1.82) is 0 Å². The average Bonchev–Trinajstić information content (AvgIpc) is 2.81. The SMILES string of the molecule is Cc1cc(NC(=O)CN[C@@H](C)c2cccc(F)c2)on1. The van der Waals surface area contributed by atoms with Crippen molar-refractivity contribution in [2.24, 2.45) is 0 Å². The fourth-order valence-corrected chi connectivity index (χ4v) is 1.74. The Kier molecular flexibility index (Phi) is 4.47. The van der Waals surface area contributed by atoms with Crippen LogP contribution in [-0.4, -0.2) is 17.6 Å². The first-order valence-electron chi connectivity index (χ1n) is 6.26. The predicted octanol–water partition coefficient (Wildman–Crippen LogP) is 2.41. The minimum absolute atomic E-state index is 0.0947. The largest absolute Gasteiger partial charge is 0.338 e. The van der Waals surface area contributed by atoms with Gasteiger partial charge in [-0.05, 0) is 31.5 Å². The van der Waals surface area contributed by atoms with Gasteiger partial charge in [0.15, 0.2) is 0 Å². The maximum Gasteiger partial charge on any atom is 0.240 e. The molecule has 106 valence electrons. The number of carbonyl (C=O) groups excluding carboxylic acids is 1. The molecule has 1 aromatic heterocycles. The van der Waals surface area contributed by atoms with Crippen LogP contribution in [0.5, 0.6) is 0 Å². The van der Waals surface area contributed by atoms with Gasteiger partial charge in [0.2, 0.25) is 11.8 Å². The fraction of sp³-hybridized carbons (Fsp3) is 0.286. The Hall–Kier alpha value is -2.21. The Labute approximate surface area is 116 Å². The molecule has 0 aliphatic heterocycles. The molecule has 0 aliphatic carbocycles. The van der Waals surface area contributed by atoms with E-state index in [0.29, 0.717) is 11.6 Å². The lowest BCUT2D eigenvalue weighted by Crippen LogP contribution is -2.30. The van der Waals surface area contributed by atoms with Crippen LogP contribution in [0.4, 0.5) is 10.3 Å². The normalized spacial score (nSPS) is 12.2. The van der Waals surface area contributed by atoms with Crippen molar-refractivity contribution in [3.63, 3.8) is 0 Å². The quantitative estimate of drug-likeness (QED) is 0.880. The molecule has 1 aromatic carbocycles. The molecule has 2 rings (SSSR count). The van der Waals surface area contributed by atoms with E-state index in [0.717, 1.165) is 5.56 Å². The molecule has 0 radical (unpaired) electrons. The van der Waals surface area contributed by atoms with E-state index in [1.54, 1.807) is 25.1 Å². The Balaban J connectivity index is 1.84. The first-order chi connectivity index (χ1) is 9.54. The first kappa shape index (κ1) is 14.2. The summed E-state index contributed by atoms with van der Waals surface area (Å²) in [5.41, 5.74) is 1.48. The summed E-state index contributed by atoms with van der Waals surface area (Å²) in [6.45, 7) is 3.72. The summed E-state index contributed by atoms with van der Waals surface area (Å²) in [6, 6.07) is 7.77. The van der Waals surface area contributed by atoms with Gasteiger partial charge in [-0.25, -0.2) is 4.39 Å². The van der Waals surface area contributed by atoms with Crippen LogP contribution in [0.1, 0.15) is 24.2 Å². The maximum absolute atomic E-state index is 13.1. The standard InChI is InChI=1S/C14H16FN3O2/c1-9-6-14(20-18-9)17-13(19)8-16-10(2)11-4-3-5-12(15)7-11/h3-7,10,16H,8H2,1-2H3,(H,17,19)/t10-/m0/s1. The number of amides is 1. The lowest BCUT2D eigenvalue weighted by molar-refractivity contribution is -0.115. The van der Waals surface area contributed by atoms with E-state index >= 15 is 0 Å². The van der Waals surface area contributed by atoms with E-state index in [9.17, 15) is 9.18 Å². The minimum atomic E-state index is -0.294. The number of nitrogens with one attached hydrogen (secondary N) is 2. The first-order valence-corrected chi connectivity index (χ1v) is 6.26. The van der Waals surface area contributed by atoms with E-state index in [2.05, 4.69) is 15.8 Å². The van der Waals surface area contributed by atoms with Crippen LogP contribution in [-0.2, 0) is 4.79 Å². The van der Waals surface area contributed by atoms with Crippen LogP contribution in [0.15, 0.2) is 34.9 Å². The maximum atomic E-state index is 13.1. The second kappa shape index (κ2) is 6.29. The molecular formula is C14H16FN3O2. The molecule has 0 unspecified atom stereocenters. The van der Waals surface area contributed by atoms with Gasteiger partial charge < -0.3 is 9.84 Å². The molecule has 1 atom stereocenters. The average molecular weight is 277 g/mol. The predicted molar refractivity (Wildman–Crippen MR) is 72.7 cm³/mol. The lowest BCUT2D eigenvalue weighted by Gasteiger charge is -2.13. The Morgan fingerprint density at radius 2 is 2.25 bits per heavy atom. The van der Waals surface area contributed by atoms with Crippen LogP contribution in [0.3, 0.4) is 0 Å². The van der Waals surface area contributed by atoms with Crippen molar-refractivity contribution in [2.75, 3.05) is 11.9 Å². The van der Waals surface area contributed by atoms with Crippen molar-refractivity contribution in [2.45, 2.75) is 19.9 Å². The highest BCUT2D eigenvalue weighted by atomic mass is 19.1. The van der Waals surface area contributed by atoms with E-state index in [-0.39, 0.29) is 24.3 Å². The molecule has 0 spiro atoms.